The van der Waals surface area contributed by atoms with Crippen LogP contribution >= 0.6 is 11.6 Å². The molecular formula is C21H18ClFN4O2. The molecule has 29 heavy (non-hydrogen) atoms. The zero-order valence-electron chi connectivity index (χ0n) is 15.5. The van der Waals surface area contributed by atoms with Crippen molar-refractivity contribution >= 4 is 39.9 Å². The number of ether oxygens (including phenoxy) is 1. The van der Waals surface area contributed by atoms with Crippen molar-refractivity contribution in [3.63, 3.8) is 0 Å². The van der Waals surface area contributed by atoms with Gasteiger partial charge in [0, 0.05) is 17.1 Å². The lowest BCUT2D eigenvalue weighted by Crippen LogP contribution is -2.36. The maximum Gasteiger partial charge on any atom is 0.250 e. The van der Waals surface area contributed by atoms with Crippen LogP contribution in [0.1, 0.15) is 5.56 Å². The number of carbonyl (C=O) groups is 1. The summed E-state index contributed by atoms with van der Waals surface area (Å²) >= 11 is 6.10. The van der Waals surface area contributed by atoms with Gasteiger partial charge in [-0.3, -0.25) is 4.79 Å². The van der Waals surface area contributed by atoms with E-state index in [1.165, 1.54) is 18.5 Å². The minimum atomic E-state index is -0.342. The second kappa shape index (κ2) is 8.05. The van der Waals surface area contributed by atoms with Gasteiger partial charge in [-0.15, -0.1) is 0 Å². The zero-order chi connectivity index (χ0) is 20.4. The Balaban J connectivity index is 1.66. The zero-order valence-corrected chi connectivity index (χ0v) is 16.2. The Morgan fingerprint density at radius 1 is 1.34 bits per heavy atom. The Labute approximate surface area is 172 Å². The van der Waals surface area contributed by atoms with Gasteiger partial charge in [0.15, 0.2) is 5.75 Å². The fraction of sp³-hybridized carbons (Fsp3) is 0.190. The van der Waals surface area contributed by atoms with E-state index in [1.807, 2.05) is 6.07 Å². The highest BCUT2D eigenvalue weighted by molar-refractivity contribution is 6.31. The number of nitrogens with one attached hydrogen (secondary N) is 1. The van der Waals surface area contributed by atoms with Crippen LogP contribution < -0.4 is 15.0 Å². The van der Waals surface area contributed by atoms with Crippen LogP contribution in [0.25, 0.3) is 10.9 Å². The molecule has 148 valence electrons. The number of rotatable bonds is 5. The van der Waals surface area contributed by atoms with Crippen molar-refractivity contribution in [1.29, 1.82) is 0 Å². The van der Waals surface area contributed by atoms with E-state index in [2.05, 4.69) is 21.9 Å². The topological polar surface area (TPSA) is 67.4 Å². The van der Waals surface area contributed by atoms with Gasteiger partial charge in [0.2, 0.25) is 0 Å². The minimum absolute atomic E-state index is 0.200. The first kappa shape index (κ1) is 19.1. The Morgan fingerprint density at radius 2 is 2.21 bits per heavy atom. The highest BCUT2D eigenvalue weighted by Crippen LogP contribution is 2.40. The maximum atomic E-state index is 14.0. The van der Waals surface area contributed by atoms with E-state index in [1.54, 1.807) is 23.1 Å². The number of carbonyl (C=O) groups excluding carboxylic acids is 1. The van der Waals surface area contributed by atoms with Crippen LogP contribution in [-0.4, -0.2) is 35.6 Å². The molecule has 0 unspecified atom stereocenters. The highest BCUT2D eigenvalue weighted by atomic mass is 35.5. The van der Waals surface area contributed by atoms with Crippen molar-refractivity contribution in [2.24, 2.45) is 0 Å². The molecule has 0 atom stereocenters. The molecule has 0 spiro atoms. The predicted octanol–water partition coefficient (Wildman–Crippen LogP) is 3.99. The molecule has 0 radical (unpaired) electrons. The SMILES string of the molecule is C=CC(=O)N1CCOc2c1ccc1ncnc(NCCc3c(F)cccc3Cl)c21. The van der Waals surface area contributed by atoms with Crippen molar-refractivity contribution in [3.05, 3.63) is 65.7 Å². The molecule has 0 saturated carbocycles. The molecule has 1 amide bonds. The van der Waals surface area contributed by atoms with Gasteiger partial charge in [0.1, 0.15) is 24.6 Å². The van der Waals surface area contributed by atoms with Gasteiger partial charge >= 0.3 is 0 Å². The third-order valence-corrected chi connectivity index (χ3v) is 5.11. The third-order valence-electron chi connectivity index (χ3n) is 4.76. The quantitative estimate of drug-likeness (QED) is 0.642. The number of nitrogens with zero attached hydrogens (tertiary/aromatic N) is 3. The van der Waals surface area contributed by atoms with E-state index in [4.69, 9.17) is 16.3 Å². The van der Waals surface area contributed by atoms with Crippen LogP contribution in [-0.2, 0) is 11.2 Å². The summed E-state index contributed by atoms with van der Waals surface area (Å²) in [6.45, 7) is 4.76. The Bertz CT molecular complexity index is 1090. The van der Waals surface area contributed by atoms with Crippen LogP contribution in [0.15, 0.2) is 49.3 Å². The molecule has 4 rings (SSSR count). The molecular weight excluding hydrogens is 395 g/mol. The Hall–Kier alpha value is -3.19. The second-order valence-electron chi connectivity index (χ2n) is 6.45. The predicted molar refractivity (Wildman–Crippen MR) is 111 cm³/mol. The van der Waals surface area contributed by atoms with Crippen LogP contribution in [0, 0.1) is 5.82 Å². The molecule has 6 nitrogen and oxygen atoms in total. The number of benzene rings is 2. The van der Waals surface area contributed by atoms with Gasteiger partial charge < -0.3 is 15.0 Å². The lowest BCUT2D eigenvalue weighted by atomic mass is 10.1. The second-order valence-corrected chi connectivity index (χ2v) is 6.86. The number of halogens is 2. The van der Waals surface area contributed by atoms with Gasteiger partial charge in [0.25, 0.3) is 5.91 Å². The molecule has 0 fully saturated rings. The third kappa shape index (κ3) is 3.61. The number of amides is 1. The van der Waals surface area contributed by atoms with Crippen molar-refractivity contribution < 1.29 is 13.9 Å². The Morgan fingerprint density at radius 3 is 3.00 bits per heavy atom. The summed E-state index contributed by atoms with van der Waals surface area (Å²) < 4.78 is 19.9. The standard InChI is InChI=1S/C21H18ClFN4O2/c1-2-18(28)27-10-11-29-20-17(27)7-6-16-19(20)21(26-12-25-16)24-9-8-13-14(22)4-3-5-15(13)23/h2-7,12H,1,8-11H2,(H,24,25,26). The van der Waals surface area contributed by atoms with E-state index in [-0.39, 0.29) is 11.7 Å². The molecule has 3 aromatic rings. The van der Waals surface area contributed by atoms with Gasteiger partial charge in [0.05, 0.1) is 23.1 Å². The van der Waals surface area contributed by atoms with E-state index < -0.39 is 0 Å². The van der Waals surface area contributed by atoms with Crippen LogP contribution in [0.3, 0.4) is 0 Å². The molecule has 2 heterocycles. The number of hydrogen-bond acceptors (Lipinski definition) is 5. The molecule has 1 aliphatic heterocycles. The summed E-state index contributed by atoms with van der Waals surface area (Å²) in [6.07, 6.45) is 3.11. The van der Waals surface area contributed by atoms with Gasteiger partial charge in [-0.2, -0.15) is 0 Å². The van der Waals surface area contributed by atoms with Gasteiger partial charge in [-0.25, -0.2) is 14.4 Å². The van der Waals surface area contributed by atoms with Crippen molar-refractivity contribution in [2.45, 2.75) is 6.42 Å². The maximum absolute atomic E-state index is 14.0. The van der Waals surface area contributed by atoms with Crippen molar-refractivity contribution in [3.8, 4) is 5.75 Å². The fourth-order valence-corrected chi connectivity index (χ4v) is 3.64. The average Bonchev–Trinajstić information content (AvgIpc) is 2.74. The summed E-state index contributed by atoms with van der Waals surface area (Å²) in [5.41, 5.74) is 1.77. The minimum Gasteiger partial charge on any atom is -0.489 e. The summed E-state index contributed by atoms with van der Waals surface area (Å²) in [5, 5.41) is 4.28. The first-order valence-corrected chi connectivity index (χ1v) is 9.49. The summed E-state index contributed by atoms with van der Waals surface area (Å²) in [4.78, 5) is 22.4. The average molecular weight is 413 g/mol. The largest absolute Gasteiger partial charge is 0.489 e. The first-order chi connectivity index (χ1) is 14.1. The smallest absolute Gasteiger partial charge is 0.250 e. The normalized spacial score (nSPS) is 13.0. The number of aromatic nitrogens is 2. The Kier molecular flexibility index (Phi) is 5.31. The van der Waals surface area contributed by atoms with Crippen molar-refractivity contribution in [2.75, 3.05) is 29.9 Å². The van der Waals surface area contributed by atoms with Crippen molar-refractivity contribution in [1.82, 2.24) is 9.97 Å². The fourth-order valence-electron chi connectivity index (χ4n) is 3.38. The van der Waals surface area contributed by atoms with Crippen LogP contribution in [0.2, 0.25) is 5.02 Å². The van der Waals surface area contributed by atoms with E-state index >= 15 is 0 Å². The van der Waals surface area contributed by atoms with E-state index in [0.29, 0.717) is 64.9 Å². The molecule has 0 aliphatic carbocycles. The highest BCUT2D eigenvalue weighted by Gasteiger charge is 2.25. The molecule has 0 saturated heterocycles. The molecule has 1 aliphatic rings. The molecule has 0 bridgehead atoms. The number of fused-ring (bicyclic) bond motifs is 3. The van der Waals surface area contributed by atoms with Crippen LogP contribution in [0.4, 0.5) is 15.9 Å². The number of anilines is 2. The number of hydrogen-bond donors (Lipinski definition) is 1. The lowest BCUT2D eigenvalue weighted by Gasteiger charge is -2.29. The molecule has 8 heteroatoms. The molecule has 2 aromatic carbocycles. The molecule has 1 N–H and O–H groups in total. The van der Waals surface area contributed by atoms with E-state index in [0.717, 1.165) is 0 Å². The van der Waals surface area contributed by atoms with Crippen LogP contribution in [0.5, 0.6) is 5.75 Å². The van der Waals surface area contributed by atoms with Gasteiger partial charge in [-0.1, -0.05) is 24.2 Å². The monoisotopic (exact) mass is 412 g/mol. The molecule has 1 aromatic heterocycles. The summed E-state index contributed by atoms with van der Waals surface area (Å²) in [7, 11) is 0. The first-order valence-electron chi connectivity index (χ1n) is 9.11. The van der Waals surface area contributed by atoms with E-state index in [9.17, 15) is 9.18 Å². The van der Waals surface area contributed by atoms with Gasteiger partial charge in [-0.05, 0) is 36.8 Å². The lowest BCUT2D eigenvalue weighted by molar-refractivity contribution is -0.114. The summed E-state index contributed by atoms with van der Waals surface area (Å²) in [5.74, 6) is 0.545. The summed E-state index contributed by atoms with van der Waals surface area (Å²) in [6, 6.07) is 8.24.